The monoisotopic (exact) mass is 469 g/mol. The van der Waals surface area contributed by atoms with Crippen molar-refractivity contribution >= 4 is 29.1 Å². The van der Waals surface area contributed by atoms with E-state index in [2.05, 4.69) is 43.9 Å². The Morgan fingerprint density at radius 2 is 2.14 bits per heavy atom. The van der Waals surface area contributed by atoms with Crippen LogP contribution in [-0.2, 0) is 11.2 Å². The van der Waals surface area contributed by atoms with Crippen molar-refractivity contribution in [1.82, 2.24) is 20.2 Å². The van der Waals surface area contributed by atoms with Gasteiger partial charge in [0.1, 0.15) is 0 Å². The number of hydrogen-bond acceptors (Lipinski definition) is 6. The molecule has 0 spiro atoms. The van der Waals surface area contributed by atoms with Gasteiger partial charge in [0.2, 0.25) is 11.9 Å². The molecule has 8 nitrogen and oxygen atoms in total. The van der Waals surface area contributed by atoms with E-state index in [1.54, 1.807) is 24.4 Å². The summed E-state index contributed by atoms with van der Waals surface area (Å²) in [7, 11) is 0. The van der Waals surface area contributed by atoms with Gasteiger partial charge in [0.05, 0.1) is 24.2 Å². The molecule has 0 bridgehead atoms. The molecule has 2 aliphatic rings. The number of amides is 1. The summed E-state index contributed by atoms with van der Waals surface area (Å²) in [6, 6.07) is 6.38. The van der Waals surface area contributed by atoms with Gasteiger partial charge in [0.15, 0.2) is 0 Å². The normalized spacial score (nSPS) is 17.3. The van der Waals surface area contributed by atoms with E-state index in [0.717, 1.165) is 25.2 Å². The Hall–Kier alpha value is -4.22. The van der Waals surface area contributed by atoms with Crippen molar-refractivity contribution in [2.75, 3.05) is 25.0 Å². The van der Waals surface area contributed by atoms with Crippen LogP contribution >= 0.6 is 0 Å². The summed E-state index contributed by atoms with van der Waals surface area (Å²) in [5, 5.41) is 15.1. The summed E-state index contributed by atoms with van der Waals surface area (Å²) < 4.78 is 0. The zero-order valence-corrected chi connectivity index (χ0v) is 19.6. The molecule has 3 heterocycles. The fourth-order valence-electron chi connectivity index (χ4n) is 3.91. The average Bonchev–Trinajstić information content (AvgIpc) is 3.32. The lowest BCUT2D eigenvalue weighted by atomic mass is 10.1. The summed E-state index contributed by atoms with van der Waals surface area (Å²) >= 11 is 0. The number of carbonyl (C=O) groups excluding carboxylic acids is 1. The summed E-state index contributed by atoms with van der Waals surface area (Å²) in [6.45, 7) is 9.07. The lowest BCUT2D eigenvalue weighted by Crippen LogP contribution is -2.22. The summed E-state index contributed by atoms with van der Waals surface area (Å²) in [4.78, 5) is 34.9. The minimum absolute atomic E-state index is 0.124. The molecule has 1 aromatic heterocycles. The first kappa shape index (κ1) is 23.9. The standard InChI is InChI=1S/C27H27N5O3/c1-18(7-6-14-32-12-3-4-13-32)10-11-23-19(2)25-21(16-24(33)30-23)17-28-27(31-25)29-22-9-5-8-20(15-22)26(34)35/h5,8-11,15,17H,2-4,12-14,16H2,1H3,(H,30,33)(H,34,35)(H,28,29,31)/b18-10+,23-11+. The van der Waals surface area contributed by atoms with Crippen LogP contribution in [0.25, 0.3) is 5.57 Å². The van der Waals surface area contributed by atoms with E-state index in [1.807, 2.05) is 13.0 Å². The maximum Gasteiger partial charge on any atom is 0.335 e. The number of hydrogen-bond donors (Lipinski definition) is 3. The molecule has 2 aliphatic heterocycles. The predicted octanol–water partition coefficient (Wildman–Crippen LogP) is 3.53. The second-order valence-corrected chi connectivity index (χ2v) is 8.50. The third-order valence-electron chi connectivity index (χ3n) is 5.75. The molecule has 35 heavy (non-hydrogen) atoms. The van der Waals surface area contributed by atoms with Gasteiger partial charge >= 0.3 is 5.97 Å². The molecular weight excluding hydrogens is 442 g/mol. The summed E-state index contributed by atoms with van der Waals surface area (Å²) in [6.07, 6.45) is 7.84. The van der Waals surface area contributed by atoms with E-state index in [-0.39, 0.29) is 23.8 Å². The Labute approximate surface area is 204 Å². The Kier molecular flexibility index (Phi) is 7.38. The Morgan fingerprint density at radius 3 is 2.91 bits per heavy atom. The van der Waals surface area contributed by atoms with E-state index < -0.39 is 5.97 Å². The highest BCUT2D eigenvalue weighted by molar-refractivity contribution is 5.92. The van der Waals surface area contributed by atoms with Gasteiger partial charge in [-0.1, -0.05) is 24.5 Å². The molecule has 3 N–H and O–H groups in total. The van der Waals surface area contributed by atoms with Crippen LogP contribution in [0, 0.1) is 11.8 Å². The number of benzene rings is 1. The first-order chi connectivity index (χ1) is 16.9. The van der Waals surface area contributed by atoms with Crippen LogP contribution in [0.5, 0.6) is 0 Å². The van der Waals surface area contributed by atoms with Gasteiger partial charge in [0, 0.05) is 28.7 Å². The van der Waals surface area contributed by atoms with Crippen molar-refractivity contribution in [3.05, 3.63) is 77.3 Å². The molecule has 0 unspecified atom stereocenters. The Morgan fingerprint density at radius 1 is 1.34 bits per heavy atom. The molecule has 0 atom stereocenters. The number of likely N-dealkylation sites (tertiary alicyclic amines) is 1. The van der Waals surface area contributed by atoms with Crippen LogP contribution < -0.4 is 10.6 Å². The van der Waals surface area contributed by atoms with Gasteiger partial charge in [0.25, 0.3) is 0 Å². The van der Waals surface area contributed by atoms with Crippen molar-refractivity contribution in [3.8, 4) is 11.8 Å². The molecule has 0 saturated carbocycles. The summed E-state index contributed by atoms with van der Waals surface area (Å²) in [5.74, 6) is 5.45. The second kappa shape index (κ2) is 10.8. The maximum atomic E-state index is 12.5. The van der Waals surface area contributed by atoms with E-state index >= 15 is 0 Å². The number of fused-ring (bicyclic) bond motifs is 1. The Balaban J connectivity index is 1.54. The highest BCUT2D eigenvalue weighted by Crippen LogP contribution is 2.26. The molecule has 1 amide bonds. The quantitative estimate of drug-likeness (QED) is 0.575. The number of carboxylic acids is 1. The fourth-order valence-corrected chi connectivity index (χ4v) is 3.91. The number of aromatic nitrogens is 2. The zero-order chi connectivity index (χ0) is 24.8. The van der Waals surface area contributed by atoms with Crippen LogP contribution in [-0.4, -0.2) is 51.5 Å². The number of nitrogens with zero attached hydrogens (tertiary/aromatic N) is 3. The fraction of sp³-hybridized carbons (Fsp3) is 0.259. The molecule has 178 valence electrons. The maximum absolute atomic E-state index is 12.5. The molecular formula is C27H27N5O3. The highest BCUT2D eigenvalue weighted by Gasteiger charge is 2.22. The van der Waals surface area contributed by atoms with Gasteiger partial charge in [-0.3, -0.25) is 9.69 Å². The number of anilines is 2. The minimum Gasteiger partial charge on any atom is -0.478 e. The number of carboxylic acid groups (broad SMARTS) is 1. The largest absolute Gasteiger partial charge is 0.478 e. The van der Waals surface area contributed by atoms with E-state index in [0.29, 0.717) is 28.2 Å². The minimum atomic E-state index is -1.02. The lowest BCUT2D eigenvalue weighted by molar-refractivity contribution is -0.119. The molecule has 1 saturated heterocycles. The predicted molar refractivity (Wildman–Crippen MR) is 135 cm³/mol. The zero-order valence-electron chi connectivity index (χ0n) is 19.6. The van der Waals surface area contributed by atoms with Crippen LogP contribution in [0.1, 0.15) is 41.4 Å². The molecule has 1 fully saturated rings. The van der Waals surface area contributed by atoms with Crippen LogP contribution in [0.15, 0.2) is 60.5 Å². The van der Waals surface area contributed by atoms with Gasteiger partial charge < -0.3 is 15.7 Å². The van der Waals surface area contributed by atoms with Crippen molar-refractivity contribution in [2.24, 2.45) is 0 Å². The van der Waals surface area contributed by atoms with Gasteiger partial charge in [-0.25, -0.2) is 14.8 Å². The second-order valence-electron chi connectivity index (χ2n) is 8.50. The van der Waals surface area contributed by atoms with Gasteiger partial charge in [-0.2, -0.15) is 0 Å². The summed E-state index contributed by atoms with van der Waals surface area (Å²) in [5.41, 5.74) is 3.89. The van der Waals surface area contributed by atoms with Crippen LogP contribution in [0.4, 0.5) is 11.6 Å². The van der Waals surface area contributed by atoms with Crippen LogP contribution in [0.3, 0.4) is 0 Å². The smallest absolute Gasteiger partial charge is 0.335 e. The molecule has 0 radical (unpaired) electrons. The topological polar surface area (TPSA) is 107 Å². The van der Waals surface area contributed by atoms with E-state index in [4.69, 9.17) is 0 Å². The number of nitrogens with one attached hydrogen (secondary N) is 2. The molecule has 4 rings (SSSR count). The van der Waals surface area contributed by atoms with Crippen molar-refractivity contribution in [1.29, 1.82) is 0 Å². The van der Waals surface area contributed by atoms with Crippen molar-refractivity contribution in [2.45, 2.75) is 26.2 Å². The Bertz CT molecular complexity index is 1290. The molecule has 2 aromatic rings. The third kappa shape index (κ3) is 6.22. The van der Waals surface area contributed by atoms with Crippen LogP contribution in [0.2, 0.25) is 0 Å². The lowest BCUT2D eigenvalue weighted by Gasteiger charge is -2.11. The molecule has 8 heteroatoms. The van der Waals surface area contributed by atoms with Crippen molar-refractivity contribution < 1.29 is 14.7 Å². The van der Waals surface area contributed by atoms with E-state index in [1.165, 1.54) is 25.0 Å². The first-order valence-corrected chi connectivity index (χ1v) is 11.4. The van der Waals surface area contributed by atoms with Gasteiger partial charge in [-0.15, -0.1) is 0 Å². The molecule has 0 aliphatic carbocycles. The van der Waals surface area contributed by atoms with Crippen molar-refractivity contribution in [3.63, 3.8) is 0 Å². The average molecular weight is 470 g/mol. The third-order valence-corrected chi connectivity index (χ3v) is 5.75. The number of aromatic carboxylic acids is 1. The highest BCUT2D eigenvalue weighted by atomic mass is 16.4. The van der Waals surface area contributed by atoms with Gasteiger partial charge in [-0.05, 0) is 68.8 Å². The number of allylic oxidation sites excluding steroid dienone is 4. The van der Waals surface area contributed by atoms with E-state index in [9.17, 15) is 14.7 Å². The first-order valence-electron chi connectivity index (χ1n) is 11.4. The number of carbonyl (C=O) groups is 2. The molecule has 1 aromatic carbocycles. The SMILES string of the molecule is C=C1/C(=C\C=C(/C)C#CCN2CCCC2)NC(=O)Cc2cnc(Nc3cccc(C(=O)O)c3)nc21. The number of rotatable bonds is 5.